The minimum absolute atomic E-state index is 0.276. The number of anilines is 1. The molecule has 1 N–H and O–H groups in total. The summed E-state index contributed by atoms with van der Waals surface area (Å²) in [5.74, 6) is -0.276. The average molecular weight is 324 g/mol. The van der Waals surface area contributed by atoms with Crippen LogP contribution in [-0.4, -0.2) is 12.6 Å². The quantitative estimate of drug-likeness (QED) is 0.784. The van der Waals surface area contributed by atoms with E-state index in [0.29, 0.717) is 11.6 Å². The summed E-state index contributed by atoms with van der Waals surface area (Å²) in [4.78, 5) is 14.4. The molecular formula is C16H18ClNO2S. The minimum Gasteiger partial charge on any atom is -0.464 e. The number of nitrogens with one attached hydrogen (secondary N) is 1. The largest absolute Gasteiger partial charge is 0.464 e. The van der Waals surface area contributed by atoms with Crippen molar-refractivity contribution in [3.8, 4) is 0 Å². The molecule has 0 spiro atoms. The van der Waals surface area contributed by atoms with Gasteiger partial charge in [-0.25, -0.2) is 4.79 Å². The molecule has 2 aromatic rings. The van der Waals surface area contributed by atoms with Gasteiger partial charge in [0, 0.05) is 20.5 Å². The lowest BCUT2D eigenvalue weighted by molar-refractivity contribution is -0.144. The van der Waals surface area contributed by atoms with E-state index in [1.54, 1.807) is 30.4 Å². The SMILES string of the molecule is CCOC(=O)C(Nc1cccc(Cl)c1)c1ccc(CC)s1. The number of rotatable bonds is 6. The number of hydrogen-bond donors (Lipinski definition) is 1. The minimum atomic E-state index is -0.506. The number of carbonyl (C=O) groups is 1. The van der Waals surface area contributed by atoms with Crippen LogP contribution in [0, 0.1) is 0 Å². The van der Waals surface area contributed by atoms with Crippen LogP contribution in [-0.2, 0) is 16.0 Å². The van der Waals surface area contributed by atoms with Crippen LogP contribution in [0.3, 0.4) is 0 Å². The lowest BCUT2D eigenvalue weighted by Gasteiger charge is -2.17. The first-order valence-electron chi connectivity index (χ1n) is 6.91. The fraction of sp³-hybridized carbons (Fsp3) is 0.312. The van der Waals surface area contributed by atoms with Gasteiger partial charge < -0.3 is 10.1 Å². The second-order valence-electron chi connectivity index (χ2n) is 4.50. The van der Waals surface area contributed by atoms with E-state index >= 15 is 0 Å². The third-order valence-electron chi connectivity index (χ3n) is 2.97. The molecule has 0 bridgehead atoms. The van der Waals surface area contributed by atoms with Gasteiger partial charge in [-0.15, -0.1) is 11.3 Å². The Balaban J connectivity index is 2.25. The summed E-state index contributed by atoms with van der Waals surface area (Å²) in [5.41, 5.74) is 0.798. The summed E-state index contributed by atoms with van der Waals surface area (Å²) >= 11 is 7.61. The lowest BCUT2D eigenvalue weighted by atomic mass is 10.2. The molecule has 0 amide bonds. The molecular weight excluding hydrogens is 306 g/mol. The molecule has 1 heterocycles. The van der Waals surface area contributed by atoms with Gasteiger partial charge >= 0.3 is 5.97 Å². The van der Waals surface area contributed by atoms with Crippen LogP contribution in [0.25, 0.3) is 0 Å². The summed E-state index contributed by atoms with van der Waals surface area (Å²) in [6.07, 6.45) is 0.956. The van der Waals surface area contributed by atoms with Crippen molar-refractivity contribution in [1.29, 1.82) is 0 Å². The number of carbonyl (C=O) groups excluding carboxylic acids is 1. The van der Waals surface area contributed by atoms with Crippen molar-refractivity contribution in [2.75, 3.05) is 11.9 Å². The van der Waals surface area contributed by atoms with E-state index in [1.165, 1.54) is 4.88 Å². The number of esters is 1. The maximum atomic E-state index is 12.2. The Kier molecular flexibility index (Phi) is 5.65. The van der Waals surface area contributed by atoms with E-state index in [9.17, 15) is 4.79 Å². The summed E-state index contributed by atoms with van der Waals surface area (Å²) in [6.45, 7) is 4.26. The topological polar surface area (TPSA) is 38.3 Å². The smallest absolute Gasteiger partial charge is 0.334 e. The molecule has 1 aromatic carbocycles. The molecule has 3 nitrogen and oxygen atoms in total. The Morgan fingerprint density at radius 3 is 2.76 bits per heavy atom. The van der Waals surface area contributed by atoms with Crippen molar-refractivity contribution >= 4 is 34.6 Å². The molecule has 0 aliphatic rings. The van der Waals surface area contributed by atoms with E-state index in [4.69, 9.17) is 16.3 Å². The molecule has 0 fully saturated rings. The number of ether oxygens (including phenoxy) is 1. The van der Waals surface area contributed by atoms with Crippen molar-refractivity contribution in [2.24, 2.45) is 0 Å². The van der Waals surface area contributed by atoms with Crippen LogP contribution in [0.4, 0.5) is 5.69 Å². The lowest BCUT2D eigenvalue weighted by Crippen LogP contribution is -2.22. The zero-order chi connectivity index (χ0) is 15.2. The standard InChI is InChI=1S/C16H18ClNO2S/c1-3-13-8-9-14(21-13)15(16(19)20-4-2)18-12-7-5-6-11(17)10-12/h5-10,15,18H,3-4H2,1-2H3. The predicted octanol–water partition coefficient (Wildman–Crippen LogP) is 4.68. The van der Waals surface area contributed by atoms with Crippen LogP contribution in [0.1, 0.15) is 29.6 Å². The summed E-state index contributed by atoms with van der Waals surface area (Å²) < 4.78 is 5.18. The second-order valence-corrected chi connectivity index (χ2v) is 6.13. The van der Waals surface area contributed by atoms with Crippen molar-refractivity contribution in [2.45, 2.75) is 26.3 Å². The van der Waals surface area contributed by atoms with Crippen molar-refractivity contribution in [3.63, 3.8) is 0 Å². The molecule has 1 unspecified atom stereocenters. The van der Waals surface area contributed by atoms with Crippen LogP contribution in [0.15, 0.2) is 36.4 Å². The van der Waals surface area contributed by atoms with Gasteiger partial charge in [0.1, 0.15) is 0 Å². The number of halogens is 1. The van der Waals surface area contributed by atoms with Gasteiger partial charge in [-0.1, -0.05) is 24.6 Å². The maximum Gasteiger partial charge on any atom is 0.334 e. The van der Waals surface area contributed by atoms with Gasteiger partial charge in [-0.05, 0) is 43.7 Å². The first kappa shape index (κ1) is 15.9. The number of hydrogen-bond acceptors (Lipinski definition) is 4. The van der Waals surface area contributed by atoms with Crippen LogP contribution in [0.2, 0.25) is 5.02 Å². The molecule has 1 atom stereocenters. The van der Waals surface area contributed by atoms with Crippen LogP contribution < -0.4 is 5.32 Å². The first-order chi connectivity index (χ1) is 10.1. The van der Waals surface area contributed by atoms with E-state index in [-0.39, 0.29) is 5.97 Å². The molecule has 5 heteroatoms. The average Bonchev–Trinajstić information content (AvgIpc) is 2.93. The number of benzene rings is 1. The summed E-state index contributed by atoms with van der Waals surface area (Å²) in [7, 11) is 0. The summed E-state index contributed by atoms with van der Waals surface area (Å²) in [6, 6.07) is 10.8. The van der Waals surface area contributed by atoms with Crippen molar-refractivity contribution in [3.05, 3.63) is 51.2 Å². The van der Waals surface area contributed by atoms with E-state index < -0.39 is 6.04 Å². The molecule has 112 valence electrons. The van der Waals surface area contributed by atoms with Gasteiger partial charge in [0.05, 0.1) is 6.61 Å². The molecule has 0 aliphatic heterocycles. The van der Waals surface area contributed by atoms with Gasteiger partial charge in [-0.2, -0.15) is 0 Å². The predicted molar refractivity (Wildman–Crippen MR) is 88.1 cm³/mol. The van der Waals surface area contributed by atoms with Crippen molar-refractivity contribution in [1.82, 2.24) is 0 Å². The third kappa shape index (κ3) is 4.22. The van der Waals surface area contributed by atoms with Gasteiger partial charge in [0.15, 0.2) is 6.04 Å². The molecule has 0 saturated heterocycles. The van der Waals surface area contributed by atoms with Gasteiger partial charge in [0.2, 0.25) is 0 Å². The molecule has 1 aromatic heterocycles. The Bertz CT molecular complexity index is 612. The van der Waals surface area contributed by atoms with Crippen LogP contribution >= 0.6 is 22.9 Å². The fourth-order valence-electron chi connectivity index (χ4n) is 1.96. The van der Waals surface area contributed by atoms with E-state index in [1.807, 2.05) is 24.3 Å². The van der Waals surface area contributed by atoms with E-state index in [0.717, 1.165) is 17.0 Å². The molecule has 0 aliphatic carbocycles. The number of aryl methyl sites for hydroxylation is 1. The Labute approximate surface area is 133 Å². The normalized spacial score (nSPS) is 12.0. The monoisotopic (exact) mass is 323 g/mol. The number of thiophene rings is 1. The Morgan fingerprint density at radius 1 is 1.33 bits per heavy atom. The Morgan fingerprint density at radius 2 is 2.14 bits per heavy atom. The van der Waals surface area contributed by atoms with Crippen molar-refractivity contribution < 1.29 is 9.53 Å². The maximum absolute atomic E-state index is 12.2. The van der Waals surface area contributed by atoms with Gasteiger partial charge in [0.25, 0.3) is 0 Å². The highest BCUT2D eigenvalue weighted by Gasteiger charge is 2.23. The summed E-state index contributed by atoms with van der Waals surface area (Å²) in [5, 5.41) is 3.84. The van der Waals surface area contributed by atoms with Gasteiger partial charge in [-0.3, -0.25) is 0 Å². The molecule has 2 rings (SSSR count). The third-order valence-corrected chi connectivity index (χ3v) is 4.50. The van der Waals surface area contributed by atoms with Crippen LogP contribution in [0.5, 0.6) is 0 Å². The fourth-order valence-corrected chi connectivity index (χ4v) is 3.14. The highest BCUT2D eigenvalue weighted by atomic mass is 35.5. The Hall–Kier alpha value is -1.52. The zero-order valence-electron chi connectivity index (χ0n) is 12.1. The zero-order valence-corrected chi connectivity index (χ0v) is 13.6. The molecule has 0 radical (unpaired) electrons. The molecule has 21 heavy (non-hydrogen) atoms. The second kappa shape index (κ2) is 7.48. The first-order valence-corrected chi connectivity index (χ1v) is 8.10. The van der Waals surface area contributed by atoms with E-state index in [2.05, 4.69) is 12.2 Å². The highest BCUT2D eigenvalue weighted by molar-refractivity contribution is 7.12. The highest BCUT2D eigenvalue weighted by Crippen LogP contribution is 2.28. The molecule has 0 saturated carbocycles.